The van der Waals surface area contributed by atoms with Crippen molar-refractivity contribution in [3.63, 3.8) is 0 Å². The highest BCUT2D eigenvalue weighted by molar-refractivity contribution is 5.85. The number of tetrazole rings is 1. The monoisotopic (exact) mass is 261 g/mol. The lowest BCUT2D eigenvalue weighted by Crippen LogP contribution is -2.29. The van der Waals surface area contributed by atoms with Crippen LogP contribution in [-0.4, -0.2) is 34.2 Å². The van der Waals surface area contributed by atoms with Crippen molar-refractivity contribution >= 4 is 16.8 Å². The van der Waals surface area contributed by atoms with Gasteiger partial charge in [-0.2, -0.15) is 0 Å². The Morgan fingerprint density at radius 1 is 1.21 bits per heavy atom. The van der Waals surface area contributed by atoms with Crippen molar-refractivity contribution in [3.05, 3.63) is 16.8 Å². The Bertz CT molecular complexity index is 781. The van der Waals surface area contributed by atoms with Crippen LogP contribution in [0.15, 0.2) is 11.1 Å². The number of nitrogens with zero attached hydrogens (tertiary/aromatic N) is 7. The highest BCUT2D eigenvalue weighted by Crippen LogP contribution is 2.15. The zero-order chi connectivity index (χ0) is 13.4. The number of imidazole rings is 1. The molecule has 0 spiro atoms. The second-order valence-corrected chi connectivity index (χ2v) is 4.46. The molecule has 3 aromatic rings. The van der Waals surface area contributed by atoms with Crippen molar-refractivity contribution in [3.8, 4) is 0 Å². The van der Waals surface area contributed by atoms with Crippen LogP contribution in [0, 0.1) is 0 Å². The van der Waals surface area contributed by atoms with Crippen LogP contribution < -0.4 is 5.69 Å². The summed E-state index contributed by atoms with van der Waals surface area (Å²) in [5.41, 5.74) is 1.68. The summed E-state index contributed by atoms with van der Waals surface area (Å²) in [6, 6.07) is 0. The predicted octanol–water partition coefficient (Wildman–Crippen LogP) is 0.456. The van der Waals surface area contributed by atoms with E-state index in [-0.39, 0.29) is 5.69 Å². The van der Waals surface area contributed by atoms with Gasteiger partial charge >= 0.3 is 5.69 Å². The molecule has 8 heteroatoms. The molecule has 0 unspecified atom stereocenters. The van der Waals surface area contributed by atoms with Crippen LogP contribution in [0.3, 0.4) is 0 Å². The smallest absolute Gasteiger partial charge is 0.316 e. The molecule has 3 rings (SSSR count). The van der Waals surface area contributed by atoms with Crippen LogP contribution in [-0.2, 0) is 13.1 Å². The summed E-state index contributed by atoms with van der Waals surface area (Å²) in [5.74, 6) is 0. The fourth-order valence-electron chi connectivity index (χ4n) is 2.31. The minimum absolute atomic E-state index is 0.216. The molecular formula is C11H15N7O. The van der Waals surface area contributed by atoms with E-state index in [1.165, 1.54) is 4.52 Å². The van der Waals surface area contributed by atoms with E-state index < -0.39 is 0 Å². The van der Waals surface area contributed by atoms with Gasteiger partial charge in [-0.05, 0) is 23.3 Å². The molecule has 0 aliphatic heterocycles. The lowest BCUT2D eigenvalue weighted by molar-refractivity contribution is 0.599. The molecule has 8 nitrogen and oxygen atoms in total. The van der Waals surface area contributed by atoms with Gasteiger partial charge in [0, 0.05) is 13.1 Å². The van der Waals surface area contributed by atoms with E-state index in [4.69, 9.17) is 0 Å². The van der Waals surface area contributed by atoms with Crippen LogP contribution in [0.2, 0.25) is 0 Å². The molecule has 0 saturated carbocycles. The topological polar surface area (TPSA) is 82.9 Å². The van der Waals surface area contributed by atoms with Crippen molar-refractivity contribution in [2.24, 2.45) is 0 Å². The Kier molecular flexibility index (Phi) is 2.77. The molecule has 0 saturated heterocycles. The van der Waals surface area contributed by atoms with E-state index >= 15 is 0 Å². The first kappa shape index (κ1) is 11.8. The van der Waals surface area contributed by atoms with Gasteiger partial charge in [-0.3, -0.25) is 4.57 Å². The maximum Gasteiger partial charge on any atom is 0.353 e. The van der Waals surface area contributed by atoms with E-state index in [1.807, 2.05) is 11.5 Å². The van der Waals surface area contributed by atoms with Gasteiger partial charge in [-0.25, -0.2) is 9.78 Å². The van der Waals surface area contributed by atoms with Gasteiger partial charge < -0.3 is 4.57 Å². The van der Waals surface area contributed by atoms with Crippen molar-refractivity contribution in [1.29, 1.82) is 0 Å². The van der Waals surface area contributed by atoms with E-state index in [0.29, 0.717) is 17.7 Å². The molecule has 0 aliphatic rings. The molecule has 3 heterocycles. The largest absolute Gasteiger partial charge is 0.353 e. The Labute approximate surface area is 108 Å². The summed E-state index contributed by atoms with van der Waals surface area (Å²) in [6.45, 7) is 5.56. The standard InChI is InChI=1S/C11H15N7O/c1-3-5-16-7-12-8-9-13-14-15-18(9)11(19)17(6-4-2)10(8)16/h7H,3-6H2,1-2H3. The number of hydrogen-bond donors (Lipinski definition) is 0. The van der Waals surface area contributed by atoms with Crippen molar-refractivity contribution in [2.45, 2.75) is 39.8 Å². The first-order valence-corrected chi connectivity index (χ1v) is 6.43. The summed E-state index contributed by atoms with van der Waals surface area (Å²) in [4.78, 5) is 16.8. The highest BCUT2D eigenvalue weighted by Gasteiger charge is 2.17. The highest BCUT2D eigenvalue weighted by atomic mass is 16.2. The predicted molar refractivity (Wildman–Crippen MR) is 68.9 cm³/mol. The summed E-state index contributed by atoms with van der Waals surface area (Å²) in [7, 11) is 0. The Balaban J connectivity index is 2.45. The third-order valence-corrected chi connectivity index (χ3v) is 3.07. The second-order valence-electron chi connectivity index (χ2n) is 4.46. The molecular weight excluding hydrogens is 246 g/mol. The van der Waals surface area contributed by atoms with Crippen LogP contribution >= 0.6 is 0 Å². The average molecular weight is 261 g/mol. The minimum Gasteiger partial charge on any atom is -0.316 e. The minimum atomic E-state index is -0.216. The van der Waals surface area contributed by atoms with Crippen LogP contribution in [0.5, 0.6) is 0 Å². The van der Waals surface area contributed by atoms with E-state index in [2.05, 4.69) is 27.4 Å². The van der Waals surface area contributed by atoms with E-state index in [1.54, 1.807) is 10.9 Å². The van der Waals surface area contributed by atoms with Gasteiger partial charge in [0.2, 0.25) is 5.65 Å². The molecule has 100 valence electrons. The lowest BCUT2D eigenvalue weighted by Gasteiger charge is -2.09. The fourth-order valence-corrected chi connectivity index (χ4v) is 2.31. The molecule has 0 atom stereocenters. The summed E-state index contributed by atoms with van der Waals surface area (Å²) >= 11 is 0. The van der Waals surface area contributed by atoms with Crippen molar-refractivity contribution in [2.75, 3.05) is 0 Å². The number of aromatic nitrogens is 7. The summed E-state index contributed by atoms with van der Waals surface area (Å²) in [5, 5.41) is 11.2. The zero-order valence-corrected chi connectivity index (χ0v) is 10.9. The third kappa shape index (κ3) is 1.63. The number of aryl methyl sites for hydroxylation is 2. The third-order valence-electron chi connectivity index (χ3n) is 3.07. The average Bonchev–Trinajstić information content (AvgIpc) is 3.01. The quantitative estimate of drug-likeness (QED) is 0.681. The van der Waals surface area contributed by atoms with Crippen LogP contribution in [0.4, 0.5) is 0 Å². The number of fused-ring (bicyclic) bond motifs is 3. The van der Waals surface area contributed by atoms with E-state index in [9.17, 15) is 4.79 Å². The fraction of sp³-hybridized carbons (Fsp3) is 0.545. The van der Waals surface area contributed by atoms with Gasteiger partial charge in [0.25, 0.3) is 0 Å². The van der Waals surface area contributed by atoms with Gasteiger partial charge in [0.1, 0.15) is 5.65 Å². The summed E-state index contributed by atoms with van der Waals surface area (Å²) in [6.07, 6.45) is 3.58. The van der Waals surface area contributed by atoms with Crippen LogP contribution in [0.25, 0.3) is 16.8 Å². The van der Waals surface area contributed by atoms with Gasteiger partial charge in [-0.15, -0.1) is 9.61 Å². The first-order chi connectivity index (χ1) is 9.27. The normalized spacial score (nSPS) is 11.7. The maximum absolute atomic E-state index is 12.4. The maximum atomic E-state index is 12.4. The molecule has 3 aromatic heterocycles. The molecule has 0 aliphatic carbocycles. The van der Waals surface area contributed by atoms with Gasteiger partial charge in [-0.1, -0.05) is 13.8 Å². The van der Waals surface area contributed by atoms with E-state index in [0.717, 1.165) is 25.0 Å². The molecule has 0 N–H and O–H groups in total. The summed E-state index contributed by atoms with van der Waals surface area (Å²) < 4.78 is 4.89. The molecule has 0 aromatic carbocycles. The number of hydrogen-bond acceptors (Lipinski definition) is 5. The van der Waals surface area contributed by atoms with Gasteiger partial charge in [0.15, 0.2) is 5.52 Å². The zero-order valence-electron chi connectivity index (χ0n) is 10.9. The SMILES string of the molecule is CCCn1cnc2c1n(CCC)c(=O)n1nnnc21. The molecule has 19 heavy (non-hydrogen) atoms. The van der Waals surface area contributed by atoms with Crippen molar-refractivity contribution < 1.29 is 0 Å². The van der Waals surface area contributed by atoms with Crippen LogP contribution in [0.1, 0.15) is 26.7 Å². The Morgan fingerprint density at radius 3 is 2.74 bits per heavy atom. The molecule has 0 fully saturated rings. The van der Waals surface area contributed by atoms with Gasteiger partial charge in [0.05, 0.1) is 6.33 Å². The number of rotatable bonds is 4. The van der Waals surface area contributed by atoms with Crippen molar-refractivity contribution in [1.82, 2.24) is 34.2 Å². The Hall–Kier alpha value is -2.25. The molecule has 0 bridgehead atoms. The first-order valence-electron chi connectivity index (χ1n) is 6.43. The molecule has 0 amide bonds. The lowest BCUT2D eigenvalue weighted by atomic mass is 10.4. The Morgan fingerprint density at radius 2 is 2.00 bits per heavy atom. The second kappa shape index (κ2) is 4.45. The molecule has 0 radical (unpaired) electrons.